The second-order valence-corrected chi connectivity index (χ2v) is 10.8. The van der Waals surface area contributed by atoms with Crippen molar-refractivity contribution in [2.75, 3.05) is 31.4 Å². The quantitative estimate of drug-likeness (QED) is 0.518. The van der Waals surface area contributed by atoms with Crippen LogP contribution in [0.2, 0.25) is 0 Å². The number of nitrogens with one attached hydrogen (secondary N) is 1. The number of aryl methyl sites for hydroxylation is 1. The second-order valence-electron chi connectivity index (χ2n) is 8.75. The molecule has 0 unspecified atom stereocenters. The maximum Gasteiger partial charge on any atom is 0.337 e. The number of sulfone groups is 1. The maximum atomic E-state index is 12.9. The number of hydrogen-bond donors (Lipinski definition) is 1. The van der Waals surface area contributed by atoms with Crippen molar-refractivity contribution in [3.8, 4) is 0 Å². The number of anilines is 1. The molecule has 2 heterocycles. The molecule has 184 valence electrons. The Morgan fingerprint density at radius 1 is 1.14 bits per heavy atom. The Balaban J connectivity index is 1.45. The van der Waals surface area contributed by atoms with Gasteiger partial charge in [0.2, 0.25) is 11.9 Å². The first kappa shape index (κ1) is 24.6. The van der Waals surface area contributed by atoms with E-state index in [0.29, 0.717) is 30.1 Å². The van der Waals surface area contributed by atoms with Crippen molar-refractivity contribution < 1.29 is 22.7 Å². The Morgan fingerprint density at radius 3 is 2.57 bits per heavy atom. The predicted octanol–water partition coefficient (Wildman–Crippen LogP) is 2.66. The molecule has 1 fully saturated rings. The molecule has 9 nitrogen and oxygen atoms in total. The van der Waals surface area contributed by atoms with Crippen LogP contribution in [0.15, 0.2) is 47.4 Å². The van der Waals surface area contributed by atoms with Crippen molar-refractivity contribution in [2.24, 2.45) is 5.92 Å². The molecule has 2 aromatic carbocycles. The Bertz CT molecular complexity index is 1370. The molecule has 1 aromatic heterocycles. The summed E-state index contributed by atoms with van der Waals surface area (Å²) >= 11 is 0. The van der Waals surface area contributed by atoms with Crippen LogP contribution < -0.4 is 10.2 Å². The number of carbonyl (C=O) groups is 2. The molecule has 1 N–H and O–H groups in total. The number of esters is 1. The van der Waals surface area contributed by atoms with Gasteiger partial charge in [0.1, 0.15) is 0 Å². The lowest BCUT2D eigenvalue weighted by Crippen LogP contribution is -2.43. The van der Waals surface area contributed by atoms with E-state index in [0.717, 1.165) is 36.0 Å². The van der Waals surface area contributed by atoms with E-state index in [2.05, 4.69) is 15.3 Å². The summed E-state index contributed by atoms with van der Waals surface area (Å²) in [6, 6.07) is 11.8. The van der Waals surface area contributed by atoms with E-state index in [1.165, 1.54) is 13.4 Å². The predicted molar refractivity (Wildman–Crippen MR) is 132 cm³/mol. The van der Waals surface area contributed by atoms with Gasteiger partial charge in [-0.3, -0.25) is 4.79 Å². The summed E-state index contributed by atoms with van der Waals surface area (Å²) in [5, 5.41) is 3.78. The van der Waals surface area contributed by atoms with Crippen LogP contribution in [-0.4, -0.2) is 56.7 Å². The van der Waals surface area contributed by atoms with Crippen LogP contribution in [0.5, 0.6) is 0 Å². The highest BCUT2D eigenvalue weighted by atomic mass is 32.2. The highest BCUT2D eigenvalue weighted by molar-refractivity contribution is 7.90. The summed E-state index contributed by atoms with van der Waals surface area (Å²) in [7, 11) is -2.02. The number of hydrogen-bond acceptors (Lipinski definition) is 8. The Labute approximate surface area is 204 Å². The van der Waals surface area contributed by atoms with E-state index in [4.69, 9.17) is 4.74 Å². The molecule has 1 saturated heterocycles. The summed E-state index contributed by atoms with van der Waals surface area (Å²) in [6.07, 6.45) is 2.74. The van der Waals surface area contributed by atoms with E-state index in [1.807, 2.05) is 11.8 Å². The average molecular weight is 497 g/mol. The minimum Gasteiger partial charge on any atom is -0.465 e. The van der Waals surface area contributed by atoms with Crippen LogP contribution in [0.1, 0.15) is 34.5 Å². The van der Waals surface area contributed by atoms with Crippen LogP contribution >= 0.6 is 0 Å². The van der Waals surface area contributed by atoms with Crippen molar-refractivity contribution in [3.05, 3.63) is 59.3 Å². The lowest BCUT2D eigenvalue weighted by molar-refractivity contribution is -0.125. The van der Waals surface area contributed by atoms with Crippen molar-refractivity contribution in [2.45, 2.75) is 31.2 Å². The molecule has 35 heavy (non-hydrogen) atoms. The van der Waals surface area contributed by atoms with Gasteiger partial charge in [-0.05, 0) is 55.7 Å². The monoisotopic (exact) mass is 496 g/mol. The van der Waals surface area contributed by atoms with Gasteiger partial charge in [0.05, 0.1) is 34.7 Å². The van der Waals surface area contributed by atoms with E-state index < -0.39 is 15.8 Å². The zero-order chi connectivity index (χ0) is 25.2. The van der Waals surface area contributed by atoms with Gasteiger partial charge in [-0.15, -0.1) is 0 Å². The highest BCUT2D eigenvalue weighted by Gasteiger charge is 2.27. The summed E-state index contributed by atoms with van der Waals surface area (Å²) in [5.74, 6) is -0.179. The number of fused-ring (bicyclic) bond motifs is 1. The van der Waals surface area contributed by atoms with Gasteiger partial charge >= 0.3 is 5.97 Å². The summed E-state index contributed by atoms with van der Waals surface area (Å²) in [5.41, 5.74) is 2.66. The van der Waals surface area contributed by atoms with Crippen LogP contribution in [-0.2, 0) is 25.9 Å². The number of carbonyl (C=O) groups excluding carboxylic acids is 2. The first-order valence-corrected chi connectivity index (χ1v) is 13.2. The molecule has 0 aliphatic carbocycles. The number of ether oxygens (including phenoxy) is 1. The lowest BCUT2D eigenvalue weighted by atomic mass is 9.97. The van der Waals surface area contributed by atoms with Gasteiger partial charge in [-0.25, -0.2) is 23.2 Å². The number of methoxy groups -OCH3 is 1. The average Bonchev–Trinajstić information content (AvgIpc) is 2.86. The number of aromatic nitrogens is 2. The zero-order valence-electron chi connectivity index (χ0n) is 19.9. The molecular formula is C25H28N4O5S. The smallest absolute Gasteiger partial charge is 0.337 e. The molecule has 10 heteroatoms. The molecule has 0 radical (unpaired) electrons. The van der Waals surface area contributed by atoms with Gasteiger partial charge in [0, 0.05) is 31.3 Å². The fourth-order valence-corrected chi connectivity index (χ4v) is 4.85. The molecule has 1 aliphatic heterocycles. The number of rotatable bonds is 6. The summed E-state index contributed by atoms with van der Waals surface area (Å²) < 4.78 is 28.6. The van der Waals surface area contributed by atoms with Crippen molar-refractivity contribution in [1.82, 2.24) is 15.3 Å². The highest BCUT2D eigenvalue weighted by Crippen LogP contribution is 2.26. The van der Waals surface area contributed by atoms with Crippen molar-refractivity contribution in [1.29, 1.82) is 0 Å². The number of benzene rings is 2. The van der Waals surface area contributed by atoms with Gasteiger partial charge in [-0.1, -0.05) is 12.1 Å². The van der Waals surface area contributed by atoms with Crippen LogP contribution in [0, 0.1) is 12.8 Å². The molecule has 4 rings (SSSR count). The molecule has 0 bridgehead atoms. The first-order valence-electron chi connectivity index (χ1n) is 11.3. The molecule has 1 atom stereocenters. The zero-order valence-corrected chi connectivity index (χ0v) is 20.8. The van der Waals surface area contributed by atoms with Crippen LogP contribution in [0.4, 0.5) is 5.95 Å². The fraction of sp³-hybridized carbons (Fsp3) is 0.360. The Kier molecular flexibility index (Phi) is 7.02. The third-order valence-electron chi connectivity index (χ3n) is 6.19. The van der Waals surface area contributed by atoms with E-state index in [-0.39, 0.29) is 16.7 Å². The Hall–Kier alpha value is -3.53. The number of piperidine rings is 1. The molecule has 1 amide bonds. The van der Waals surface area contributed by atoms with Crippen molar-refractivity contribution in [3.63, 3.8) is 0 Å². The number of amides is 1. The minimum atomic E-state index is -3.35. The third kappa shape index (κ3) is 5.59. The van der Waals surface area contributed by atoms with Gasteiger partial charge in [-0.2, -0.15) is 0 Å². The lowest BCUT2D eigenvalue weighted by Gasteiger charge is -2.32. The van der Waals surface area contributed by atoms with Gasteiger partial charge in [0.15, 0.2) is 9.84 Å². The van der Waals surface area contributed by atoms with E-state index >= 15 is 0 Å². The standard InChI is InChI=1S/C25H28N4O5S/c1-16-21-11-10-20(35(3,32)33)13-22(21)28-25(27-16)29-12-4-5-19(15-29)23(30)26-14-17-6-8-18(9-7-17)24(31)34-2/h6-11,13,19H,4-5,12,14-15H2,1-3H3,(H,26,30)/t19-/m1/s1. The van der Waals surface area contributed by atoms with Gasteiger partial charge in [0.25, 0.3) is 0 Å². The molecular weight excluding hydrogens is 468 g/mol. The van der Waals surface area contributed by atoms with Gasteiger partial charge < -0.3 is 15.0 Å². The fourth-order valence-electron chi connectivity index (χ4n) is 4.21. The summed E-state index contributed by atoms with van der Waals surface area (Å²) in [4.78, 5) is 35.9. The molecule has 1 aliphatic rings. The molecule has 0 spiro atoms. The first-order chi connectivity index (χ1) is 16.7. The third-order valence-corrected chi connectivity index (χ3v) is 7.30. The maximum absolute atomic E-state index is 12.9. The number of nitrogens with zero attached hydrogens (tertiary/aromatic N) is 3. The molecule has 3 aromatic rings. The van der Waals surface area contributed by atoms with Crippen LogP contribution in [0.3, 0.4) is 0 Å². The largest absolute Gasteiger partial charge is 0.465 e. The van der Waals surface area contributed by atoms with E-state index in [1.54, 1.807) is 42.5 Å². The van der Waals surface area contributed by atoms with Crippen molar-refractivity contribution >= 4 is 38.6 Å². The summed E-state index contributed by atoms with van der Waals surface area (Å²) in [6.45, 7) is 3.42. The normalized spacial score (nSPS) is 16.2. The SMILES string of the molecule is COC(=O)c1ccc(CNC(=O)[C@@H]2CCCN(c3nc(C)c4ccc(S(C)(=O)=O)cc4n3)C2)cc1. The minimum absolute atomic E-state index is 0.0522. The second kappa shape index (κ2) is 9.99. The van der Waals surface area contributed by atoms with Crippen LogP contribution in [0.25, 0.3) is 10.9 Å². The molecule has 0 saturated carbocycles. The Morgan fingerprint density at radius 2 is 1.89 bits per heavy atom. The van der Waals surface area contributed by atoms with E-state index in [9.17, 15) is 18.0 Å². The topological polar surface area (TPSA) is 119 Å².